The Morgan fingerprint density at radius 2 is 1.94 bits per heavy atom. The summed E-state index contributed by atoms with van der Waals surface area (Å²) < 4.78 is 5.05. The van der Waals surface area contributed by atoms with Crippen LogP contribution in [0, 0.1) is 0 Å². The van der Waals surface area contributed by atoms with Gasteiger partial charge in [-0.25, -0.2) is 4.79 Å². The average molecular weight is 245 g/mol. The molecule has 0 fully saturated rings. The van der Waals surface area contributed by atoms with E-state index in [0.717, 1.165) is 0 Å². The second-order valence-corrected chi connectivity index (χ2v) is 3.84. The number of esters is 1. The molecule has 2 amide bonds. The lowest BCUT2D eigenvalue weighted by molar-refractivity contribution is -0.130. The number of amides is 2. The highest BCUT2D eigenvalue weighted by Crippen LogP contribution is 2.22. The number of hydrogen-bond donors (Lipinski definition) is 1. The van der Waals surface area contributed by atoms with E-state index in [0.29, 0.717) is 12.0 Å². The van der Waals surface area contributed by atoms with Gasteiger partial charge in [0, 0.05) is 5.57 Å². The van der Waals surface area contributed by atoms with Crippen molar-refractivity contribution in [2.45, 2.75) is 13.3 Å². The zero-order valence-corrected chi connectivity index (χ0v) is 9.78. The van der Waals surface area contributed by atoms with Crippen molar-refractivity contribution in [3.63, 3.8) is 0 Å². The van der Waals surface area contributed by atoms with Crippen molar-refractivity contribution in [3.8, 4) is 5.75 Å². The summed E-state index contributed by atoms with van der Waals surface area (Å²) in [5, 5.41) is 2.16. The number of nitrogens with one attached hydrogen (secondary N) is 1. The number of hydrogen-bond acceptors (Lipinski definition) is 4. The highest BCUT2D eigenvalue weighted by Gasteiger charge is 2.27. The number of benzene rings is 1. The largest absolute Gasteiger partial charge is 0.423 e. The van der Waals surface area contributed by atoms with Gasteiger partial charge in [0.05, 0.1) is 11.1 Å². The van der Waals surface area contributed by atoms with E-state index >= 15 is 0 Å². The molecule has 0 radical (unpaired) electrons. The Labute approximate surface area is 103 Å². The van der Waals surface area contributed by atoms with Gasteiger partial charge in [0.25, 0.3) is 11.8 Å². The maximum Gasteiger partial charge on any atom is 0.338 e. The first kappa shape index (κ1) is 12.0. The van der Waals surface area contributed by atoms with Gasteiger partial charge in [0.15, 0.2) is 0 Å². The van der Waals surface area contributed by atoms with E-state index in [1.807, 2.05) is 0 Å². The van der Waals surface area contributed by atoms with Gasteiger partial charge in [0.2, 0.25) is 0 Å². The highest BCUT2D eigenvalue weighted by molar-refractivity contribution is 6.21. The molecule has 1 aromatic carbocycles. The summed E-state index contributed by atoms with van der Waals surface area (Å²) >= 11 is 0. The molecule has 0 bridgehead atoms. The normalized spacial score (nSPS) is 12.9. The van der Waals surface area contributed by atoms with E-state index < -0.39 is 17.8 Å². The van der Waals surface area contributed by atoms with Gasteiger partial charge >= 0.3 is 5.97 Å². The molecule has 0 spiro atoms. The van der Waals surface area contributed by atoms with Crippen LogP contribution in [0.3, 0.4) is 0 Å². The van der Waals surface area contributed by atoms with Crippen LogP contribution in [-0.4, -0.2) is 17.8 Å². The Bertz CT molecular complexity index is 574. The van der Waals surface area contributed by atoms with Crippen LogP contribution >= 0.6 is 0 Å². The molecule has 1 N–H and O–H groups in total. The van der Waals surface area contributed by atoms with Gasteiger partial charge < -0.3 is 4.74 Å². The van der Waals surface area contributed by atoms with E-state index in [4.69, 9.17) is 4.74 Å². The Hall–Kier alpha value is -2.43. The van der Waals surface area contributed by atoms with Gasteiger partial charge in [-0.15, -0.1) is 0 Å². The molecule has 0 unspecified atom stereocenters. The molecular formula is C13H11NO4. The molecule has 1 heterocycles. The molecule has 5 heteroatoms. The minimum absolute atomic E-state index is 0.215. The van der Waals surface area contributed by atoms with Gasteiger partial charge in [-0.1, -0.05) is 13.5 Å². The molecule has 0 saturated carbocycles. The smallest absolute Gasteiger partial charge is 0.338 e. The quantitative estimate of drug-likeness (QED) is 0.378. The van der Waals surface area contributed by atoms with Gasteiger partial charge in [0.1, 0.15) is 5.75 Å². The zero-order chi connectivity index (χ0) is 13.3. The minimum Gasteiger partial charge on any atom is -0.423 e. The van der Waals surface area contributed by atoms with Gasteiger partial charge in [-0.3, -0.25) is 14.9 Å². The molecule has 5 nitrogen and oxygen atoms in total. The first-order valence-corrected chi connectivity index (χ1v) is 5.42. The molecule has 0 aliphatic carbocycles. The maximum atomic E-state index is 11.5. The first-order chi connectivity index (χ1) is 8.52. The first-order valence-electron chi connectivity index (χ1n) is 5.42. The summed E-state index contributed by atoms with van der Waals surface area (Å²) in [6.45, 7) is 5.35. The van der Waals surface area contributed by atoms with E-state index in [1.54, 1.807) is 6.92 Å². The van der Waals surface area contributed by atoms with E-state index in [9.17, 15) is 14.4 Å². The van der Waals surface area contributed by atoms with Crippen molar-refractivity contribution in [1.29, 1.82) is 0 Å². The van der Waals surface area contributed by atoms with Crippen LogP contribution < -0.4 is 10.1 Å². The van der Waals surface area contributed by atoms with Crippen LogP contribution in [0.5, 0.6) is 5.75 Å². The second-order valence-electron chi connectivity index (χ2n) is 3.84. The van der Waals surface area contributed by atoms with Crippen LogP contribution in [0.15, 0.2) is 30.4 Å². The summed E-state index contributed by atoms with van der Waals surface area (Å²) in [4.78, 5) is 34.2. The minimum atomic E-state index is -0.540. The molecule has 1 aliphatic heterocycles. The van der Waals surface area contributed by atoms with E-state index in [1.165, 1.54) is 18.2 Å². The van der Waals surface area contributed by atoms with Crippen molar-refractivity contribution in [1.82, 2.24) is 5.32 Å². The number of fused-ring (bicyclic) bond motifs is 1. The predicted molar refractivity (Wildman–Crippen MR) is 63.3 cm³/mol. The number of imide groups is 1. The Balaban J connectivity index is 2.25. The third-order valence-electron chi connectivity index (χ3n) is 2.63. The lowest BCUT2D eigenvalue weighted by atomic mass is 10.1. The molecule has 1 aromatic rings. The third-order valence-corrected chi connectivity index (χ3v) is 2.63. The molecular weight excluding hydrogens is 234 g/mol. The van der Waals surface area contributed by atoms with Crippen molar-refractivity contribution in [3.05, 3.63) is 41.5 Å². The molecule has 0 atom stereocenters. The molecule has 0 aromatic heterocycles. The number of rotatable bonds is 3. The van der Waals surface area contributed by atoms with Gasteiger partial charge in [-0.05, 0) is 24.6 Å². The predicted octanol–water partition coefficient (Wildman–Crippen LogP) is 1.44. The van der Waals surface area contributed by atoms with Crippen LogP contribution in [-0.2, 0) is 4.79 Å². The third kappa shape index (κ3) is 2.02. The average Bonchev–Trinajstić information content (AvgIpc) is 2.63. The van der Waals surface area contributed by atoms with Crippen LogP contribution in [0.2, 0.25) is 0 Å². The summed E-state index contributed by atoms with van der Waals surface area (Å²) in [5.41, 5.74) is 0.845. The molecule has 2 rings (SSSR count). The van der Waals surface area contributed by atoms with Crippen molar-refractivity contribution in [2.75, 3.05) is 0 Å². The fourth-order valence-corrected chi connectivity index (χ4v) is 1.53. The summed E-state index contributed by atoms with van der Waals surface area (Å²) in [6.07, 6.45) is 0.489. The number of carbonyl (C=O) groups is 3. The monoisotopic (exact) mass is 245 g/mol. The topological polar surface area (TPSA) is 72.5 Å². The Kier molecular flexibility index (Phi) is 2.97. The zero-order valence-electron chi connectivity index (χ0n) is 9.78. The fourth-order valence-electron chi connectivity index (χ4n) is 1.53. The summed E-state index contributed by atoms with van der Waals surface area (Å²) in [6, 6.07) is 4.29. The summed E-state index contributed by atoms with van der Waals surface area (Å²) in [5.74, 6) is -1.24. The number of carbonyl (C=O) groups excluding carboxylic acids is 3. The van der Waals surface area contributed by atoms with Crippen LogP contribution in [0.25, 0.3) is 0 Å². The van der Waals surface area contributed by atoms with Crippen molar-refractivity contribution in [2.24, 2.45) is 0 Å². The maximum absolute atomic E-state index is 11.5. The van der Waals surface area contributed by atoms with E-state index in [-0.39, 0.29) is 16.9 Å². The van der Waals surface area contributed by atoms with Crippen LogP contribution in [0.4, 0.5) is 0 Å². The molecule has 18 heavy (non-hydrogen) atoms. The fraction of sp³-hybridized carbons (Fsp3) is 0.154. The standard InChI is InChI=1S/C13H11NO4/c1-3-7(2)13(17)18-8-4-5-9-10(6-8)12(16)14-11(9)15/h4-6H,2-3H2,1H3,(H,14,15,16). The molecule has 1 aliphatic rings. The molecule has 0 saturated heterocycles. The Morgan fingerprint density at radius 3 is 2.61 bits per heavy atom. The second kappa shape index (κ2) is 4.44. The SMILES string of the molecule is C=C(CC)C(=O)Oc1ccc2c(c1)C(=O)NC2=O. The lowest BCUT2D eigenvalue weighted by Gasteiger charge is -2.05. The summed E-state index contributed by atoms with van der Waals surface area (Å²) in [7, 11) is 0. The number of ether oxygens (including phenoxy) is 1. The van der Waals surface area contributed by atoms with Crippen molar-refractivity contribution >= 4 is 17.8 Å². The van der Waals surface area contributed by atoms with Gasteiger partial charge in [-0.2, -0.15) is 0 Å². The Morgan fingerprint density at radius 1 is 1.28 bits per heavy atom. The van der Waals surface area contributed by atoms with Crippen molar-refractivity contribution < 1.29 is 19.1 Å². The molecule has 92 valence electrons. The highest BCUT2D eigenvalue weighted by atomic mass is 16.5. The van der Waals surface area contributed by atoms with Crippen LogP contribution in [0.1, 0.15) is 34.1 Å². The van der Waals surface area contributed by atoms with E-state index in [2.05, 4.69) is 11.9 Å². The lowest BCUT2D eigenvalue weighted by Crippen LogP contribution is -2.19.